The molecule has 0 amide bonds. The van der Waals surface area contributed by atoms with E-state index in [-0.39, 0.29) is 6.04 Å². The molecule has 0 saturated carbocycles. The van der Waals surface area contributed by atoms with E-state index in [0.717, 1.165) is 22.5 Å². The number of furan rings is 1. The summed E-state index contributed by atoms with van der Waals surface area (Å²) in [6.45, 7) is 4.18. The number of aryl methyl sites for hydroxylation is 2. The monoisotopic (exact) mass is 297 g/mol. The molecule has 3 rings (SSSR count). The highest BCUT2D eigenvalue weighted by Gasteiger charge is 2.12. The minimum Gasteiger partial charge on any atom is -0.459 e. The molecule has 108 valence electrons. The van der Waals surface area contributed by atoms with Crippen molar-refractivity contribution in [1.82, 2.24) is 0 Å². The maximum atomic E-state index is 6.26. The van der Waals surface area contributed by atoms with Gasteiger partial charge in [0.05, 0.1) is 6.04 Å². The highest BCUT2D eigenvalue weighted by molar-refractivity contribution is 7.99. The molecule has 1 aromatic heterocycles. The Hall–Kier alpha value is -1.71. The van der Waals surface area contributed by atoms with Crippen molar-refractivity contribution in [2.45, 2.75) is 24.8 Å². The fourth-order valence-corrected chi connectivity index (χ4v) is 3.13. The largest absolute Gasteiger partial charge is 0.459 e. The van der Waals surface area contributed by atoms with Crippen LogP contribution in [0.2, 0.25) is 0 Å². The molecule has 0 aliphatic rings. The van der Waals surface area contributed by atoms with Gasteiger partial charge in [-0.25, -0.2) is 0 Å². The fraction of sp³-hybridized carbons (Fsp3) is 0.222. The van der Waals surface area contributed by atoms with Crippen LogP contribution >= 0.6 is 11.8 Å². The van der Waals surface area contributed by atoms with Crippen molar-refractivity contribution in [3.05, 3.63) is 65.4 Å². The van der Waals surface area contributed by atoms with Crippen LogP contribution in [0.25, 0.3) is 11.0 Å². The summed E-state index contributed by atoms with van der Waals surface area (Å²) in [6.07, 6.45) is 0. The molecule has 1 unspecified atom stereocenters. The molecule has 0 aliphatic carbocycles. The Kier molecular flexibility index (Phi) is 4.04. The number of nitrogens with two attached hydrogens (primary N) is 1. The molecule has 0 radical (unpaired) electrons. The third-order valence-electron chi connectivity index (χ3n) is 3.51. The van der Waals surface area contributed by atoms with Gasteiger partial charge < -0.3 is 10.2 Å². The summed E-state index contributed by atoms with van der Waals surface area (Å²) in [5, 5.41) is 1.13. The number of fused-ring (bicyclic) bond motifs is 1. The van der Waals surface area contributed by atoms with Gasteiger partial charge in [0.1, 0.15) is 11.3 Å². The van der Waals surface area contributed by atoms with Crippen LogP contribution in [0.5, 0.6) is 0 Å². The maximum Gasteiger partial charge on any atom is 0.134 e. The summed E-state index contributed by atoms with van der Waals surface area (Å²) in [5.74, 6) is 1.66. The third-order valence-corrected chi connectivity index (χ3v) is 4.64. The van der Waals surface area contributed by atoms with Gasteiger partial charge in [-0.05, 0) is 44.2 Å². The van der Waals surface area contributed by atoms with Crippen LogP contribution in [-0.4, -0.2) is 5.75 Å². The van der Waals surface area contributed by atoms with Crippen LogP contribution in [0.1, 0.15) is 22.9 Å². The van der Waals surface area contributed by atoms with Gasteiger partial charge in [-0.15, -0.1) is 11.8 Å². The minimum absolute atomic E-state index is 0.0935. The first kappa shape index (κ1) is 14.2. The summed E-state index contributed by atoms with van der Waals surface area (Å²) in [6, 6.07) is 16.7. The van der Waals surface area contributed by atoms with Gasteiger partial charge in [-0.3, -0.25) is 0 Å². The molecule has 2 N–H and O–H groups in total. The lowest BCUT2D eigenvalue weighted by Gasteiger charge is -2.08. The molecule has 0 fully saturated rings. The predicted molar refractivity (Wildman–Crippen MR) is 89.8 cm³/mol. The summed E-state index contributed by atoms with van der Waals surface area (Å²) in [5.41, 5.74) is 9.68. The Morgan fingerprint density at radius 3 is 2.48 bits per heavy atom. The average Bonchev–Trinajstić information content (AvgIpc) is 2.89. The molecular formula is C18H19NOS. The minimum atomic E-state index is -0.0935. The Morgan fingerprint density at radius 1 is 1.00 bits per heavy atom. The molecule has 21 heavy (non-hydrogen) atoms. The molecule has 3 aromatic rings. The highest BCUT2D eigenvalue weighted by Crippen LogP contribution is 2.28. The molecule has 0 bridgehead atoms. The Labute approximate surface area is 129 Å². The second-order valence-corrected chi connectivity index (χ2v) is 6.51. The molecule has 1 atom stereocenters. The topological polar surface area (TPSA) is 39.2 Å². The lowest BCUT2D eigenvalue weighted by Crippen LogP contribution is -2.11. The number of benzene rings is 2. The third kappa shape index (κ3) is 3.31. The van der Waals surface area contributed by atoms with Crippen molar-refractivity contribution in [3.8, 4) is 0 Å². The van der Waals surface area contributed by atoms with Crippen molar-refractivity contribution in [3.63, 3.8) is 0 Å². The van der Waals surface area contributed by atoms with Crippen LogP contribution in [0.3, 0.4) is 0 Å². The smallest absolute Gasteiger partial charge is 0.134 e. The van der Waals surface area contributed by atoms with Gasteiger partial charge in [0, 0.05) is 16.0 Å². The Balaban J connectivity index is 1.71. The highest BCUT2D eigenvalue weighted by atomic mass is 32.2. The standard InChI is InChI=1S/C18H19NOS/c1-12-3-6-15(7-4-12)21-11-16(19)18-10-14-9-13(2)5-8-17(14)20-18/h3-10,16H,11,19H2,1-2H3. The fourth-order valence-electron chi connectivity index (χ4n) is 2.27. The van der Waals surface area contributed by atoms with Crippen LogP contribution < -0.4 is 5.73 Å². The Bertz CT molecular complexity index is 746. The van der Waals surface area contributed by atoms with Gasteiger partial charge in [-0.2, -0.15) is 0 Å². The first-order valence-corrected chi connectivity index (χ1v) is 8.05. The molecule has 1 heterocycles. The Morgan fingerprint density at radius 2 is 1.71 bits per heavy atom. The van der Waals surface area contributed by atoms with Crippen molar-refractivity contribution in [2.75, 3.05) is 5.75 Å². The normalized spacial score (nSPS) is 12.7. The van der Waals surface area contributed by atoms with Gasteiger partial charge in [0.25, 0.3) is 0 Å². The van der Waals surface area contributed by atoms with E-state index >= 15 is 0 Å². The SMILES string of the molecule is Cc1ccc(SCC(N)c2cc3cc(C)ccc3o2)cc1. The van der Waals surface area contributed by atoms with E-state index in [1.807, 2.05) is 6.07 Å². The zero-order valence-electron chi connectivity index (χ0n) is 12.3. The summed E-state index contributed by atoms with van der Waals surface area (Å²) >= 11 is 1.76. The van der Waals surface area contributed by atoms with E-state index in [1.54, 1.807) is 11.8 Å². The van der Waals surface area contributed by atoms with Crippen LogP contribution in [0.15, 0.2) is 57.8 Å². The van der Waals surface area contributed by atoms with E-state index in [2.05, 4.69) is 56.3 Å². The molecule has 3 heteroatoms. The quantitative estimate of drug-likeness (QED) is 0.700. The number of thioether (sulfide) groups is 1. The van der Waals surface area contributed by atoms with Crippen molar-refractivity contribution < 1.29 is 4.42 Å². The number of hydrogen-bond donors (Lipinski definition) is 1. The predicted octanol–water partition coefficient (Wildman–Crippen LogP) is 4.84. The van der Waals surface area contributed by atoms with Crippen molar-refractivity contribution in [1.29, 1.82) is 0 Å². The first-order chi connectivity index (χ1) is 10.1. The number of rotatable bonds is 4. The molecular weight excluding hydrogens is 278 g/mol. The van der Waals surface area contributed by atoms with Crippen molar-refractivity contribution in [2.24, 2.45) is 5.73 Å². The van der Waals surface area contributed by atoms with Crippen molar-refractivity contribution >= 4 is 22.7 Å². The summed E-state index contributed by atoms with van der Waals surface area (Å²) < 4.78 is 5.85. The van der Waals surface area contributed by atoms with Crippen LogP contribution in [0.4, 0.5) is 0 Å². The van der Waals surface area contributed by atoms with E-state index in [4.69, 9.17) is 10.2 Å². The molecule has 2 aromatic carbocycles. The van der Waals surface area contributed by atoms with E-state index < -0.39 is 0 Å². The van der Waals surface area contributed by atoms with E-state index in [0.29, 0.717) is 0 Å². The van der Waals surface area contributed by atoms with Gasteiger partial charge in [0.2, 0.25) is 0 Å². The van der Waals surface area contributed by atoms with Gasteiger partial charge in [-0.1, -0.05) is 29.3 Å². The number of hydrogen-bond acceptors (Lipinski definition) is 3. The zero-order chi connectivity index (χ0) is 14.8. The molecule has 2 nitrogen and oxygen atoms in total. The second kappa shape index (κ2) is 5.96. The van der Waals surface area contributed by atoms with Gasteiger partial charge in [0.15, 0.2) is 0 Å². The lowest BCUT2D eigenvalue weighted by atomic mass is 10.2. The van der Waals surface area contributed by atoms with Crippen LogP contribution in [-0.2, 0) is 0 Å². The molecule has 0 saturated heterocycles. The second-order valence-electron chi connectivity index (χ2n) is 5.42. The summed E-state index contributed by atoms with van der Waals surface area (Å²) in [4.78, 5) is 1.24. The first-order valence-electron chi connectivity index (χ1n) is 7.07. The lowest BCUT2D eigenvalue weighted by molar-refractivity contribution is 0.516. The van der Waals surface area contributed by atoms with E-state index in [9.17, 15) is 0 Å². The molecule has 0 aliphatic heterocycles. The van der Waals surface area contributed by atoms with Gasteiger partial charge >= 0.3 is 0 Å². The van der Waals surface area contributed by atoms with E-state index in [1.165, 1.54) is 16.0 Å². The average molecular weight is 297 g/mol. The van der Waals surface area contributed by atoms with Crippen LogP contribution in [0, 0.1) is 13.8 Å². The maximum absolute atomic E-state index is 6.26. The zero-order valence-corrected chi connectivity index (χ0v) is 13.1. The molecule has 0 spiro atoms. The summed E-state index contributed by atoms with van der Waals surface area (Å²) in [7, 11) is 0.